The number of rotatable bonds is 3. The van der Waals surface area contributed by atoms with E-state index in [1.807, 2.05) is 30.1 Å². The fraction of sp³-hybridized carbons (Fsp3) is 0.652. The minimum absolute atomic E-state index is 0.0690. The van der Waals surface area contributed by atoms with Gasteiger partial charge in [-0.25, -0.2) is 0 Å². The van der Waals surface area contributed by atoms with E-state index in [1.54, 1.807) is 0 Å². The summed E-state index contributed by atoms with van der Waals surface area (Å²) >= 11 is 0. The number of nitrogens with zero attached hydrogens (tertiary/aromatic N) is 1. The molecule has 0 radical (unpaired) electrons. The fourth-order valence-corrected chi connectivity index (χ4v) is 5.34. The van der Waals surface area contributed by atoms with Crippen LogP contribution in [0, 0.1) is 18.8 Å². The van der Waals surface area contributed by atoms with Gasteiger partial charge in [-0.1, -0.05) is 6.07 Å². The number of likely N-dealkylation sites (tertiary alicyclic amines) is 1. The highest BCUT2D eigenvalue weighted by Gasteiger charge is 2.43. The normalized spacial score (nSPS) is 30.7. The van der Waals surface area contributed by atoms with Gasteiger partial charge < -0.3 is 20.9 Å². The molecule has 1 aromatic rings. The average molecular weight is 399 g/mol. The van der Waals surface area contributed by atoms with Gasteiger partial charge in [0.15, 0.2) is 0 Å². The number of nitrogens with one attached hydrogen (secondary N) is 3. The van der Waals surface area contributed by atoms with E-state index in [0.29, 0.717) is 18.0 Å². The van der Waals surface area contributed by atoms with Gasteiger partial charge in [0.25, 0.3) is 0 Å². The number of carbonyl (C=O) groups is 2. The molecule has 3 aliphatic heterocycles. The molecule has 3 heterocycles. The fourth-order valence-electron chi connectivity index (χ4n) is 5.34. The highest BCUT2D eigenvalue weighted by atomic mass is 16.2. The molecule has 0 saturated carbocycles. The van der Waals surface area contributed by atoms with Crippen molar-refractivity contribution in [3.05, 3.63) is 29.3 Å². The van der Waals surface area contributed by atoms with Gasteiger partial charge in [-0.15, -0.1) is 0 Å². The van der Waals surface area contributed by atoms with Gasteiger partial charge in [0.05, 0.1) is 5.92 Å². The van der Waals surface area contributed by atoms with Crippen molar-refractivity contribution in [2.24, 2.45) is 11.8 Å². The maximum atomic E-state index is 13.2. The highest BCUT2D eigenvalue weighted by molar-refractivity contribution is 5.93. The van der Waals surface area contributed by atoms with Crippen molar-refractivity contribution in [2.75, 3.05) is 32.0 Å². The van der Waals surface area contributed by atoms with Crippen molar-refractivity contribution in [3.8, 4) is 0 Å². The van der Waals surface area contributed by atoms with Gasteiger partial charge in [0.2, 0.25) is 11.8 Å². The van der Waals surface area contributed by atoms with Crippen LogP contribution in [0.2, 0.25) is 0 Å². The number of fused-ring (bicyclic) bond motifs is 1. The Morgan fingerprint density at radius 3 is 2.72 bits per heavy atom. The third-order valence-corrected chi connectivity index (χ3v) is 7.18. The number of piperidine rings is 3. The Balaban J connectivity index is 1.52. The molecule has 2 amide bonds. The van der Waals surface area contributed by atoms with Crippen LogP contribution < -0.4 is 16.0 Å². The van der Waals surface area contributed by atoms with Crippen LogP contribution in [0.25, 0.3) is 0 Å². The summed E-state index contributed by atoms with van der Waals surface area (Å²) in [5, 5.41) is 9.98. The molecular weight excluding hydrogens is 364 g/mol. The first-order chi connectivity index (χ1) is 13.9. The molecule has 0 aromatic heterocycles. The predicted octanol–water partition coefficient (Wildman–Crippen LogP) is 2.25. The van der Waals surface area contributed by atoms with Crippen molar-refractivity contribution >= 4 is 17.5 Å². The van der Waals surface area contributed by atoms with E-state index in [1.165, 1.54) is 0 Å². The maximum Gasteiger partial charge on any atom is 0.230 e. The largest absolute Gasteiger partial charge is 0.342 e. The number of anilines is 1. The zero-order chi connectivity index (χ0) is 20.5. The summed E-state index contributed by atoms with van der Waals surface area (Å²) in [5.41, 5.74) is 2.98. The average Bonchev–Trinajstić information content (AvgIpc) is 2.73. The van der Waals surface area contributed by atoms with E-state index < -0.39 is 0 Å². The Morgan fingerprint density at radius 2 is 1.97 bits per heavy atom. The van der Waals surface area contributed by atoms with Gasteiger partial charge in [-0.3, -0.25) is 9.59 Å². The van der Waals surface area contributed by atoms with E-state index in [0.717, 1.165) is 62.1 Å². The molecule has 158 valence electrons. The van der Waals surface area contributed by atoms with E-state index in [-0.39, 0.29) is 23.7 Å². The summed E-state index contributed by atoms with van der Waals surface area (Å²) in [6, 6.07) is 6.82. The molecule has 29 heavy (non-hydrogen) atoms. The first kappa shape index (κ1) is 20.4. The molecule has 3 fully saturated rings. The smallest absolute Gasteiger partial charge is 0.230 e. The topological polar surface area (TPSA) is 73.5 Å². The molecule has 6 nitrogen and oxygen atoms in total. The lowest BCUT2D eigenvalue weighted by molar-refractivity contribution is -0.140. The van der Waals surface area contributed by atoms with Gasteiger partial charge in [-0.2, -0.15) is 0 Å². The number of carbonyl (C=O) groups excluding carboxylic acids is 2. The highest BCUT2D eigenvalue weighted by Crippen LogP contribution is 2.39. The lowest BCUT2D eigenvalue weighted by Crippen LogP contribution is -2.57. The van der Waals surface area contributed by atoms with Crippen LogP contribution in [0.4, 0.5) is 5.69 Å². The summed E-state index contributed by atoms with van der Waals surface area (Å²) in [7, 11) is 1.96. The maximum absolute atomic E-state index is 13.2. The van der Waals surface area contributed by atoms with E-state index in [9.17, 15) is 9.59 Å². The van der Waals surface area contributed by atoms with Crippen molar-refractivity contribution in [1.29, 1.82) is 0 Å². The molecule has 0 bridgehead atoms. The molecule has 1 aromatic carbocycles. The standard InChI is InChI=1S/C23H34N4O2/c1-14-4-5-18(26-22(28)16-6-8-24-9-7-16)12-19(14)20-11-17-13-25-15(2)10-21(17)27(3)23(20)29/h4-5,12,15-17,20-21,24-25H,6-11,13H2,1-3H3,(H,26,28). The number of amides is 2. The van der Waals surface area contributed by atoms with Gasteiger partial charge in [0, 0.05) is 37.3 Å². The summed E-state index contributed by atoms with van der Waals surface area (Å²) < 4.78 is 0. The third kappa shape index (κ3) is 4.19. The van der Waals surface area contributed by atoms with Crippen molar-refractivity contribution in [1.82, 2.24) is 15.5 Å². The molecule has 3 N–H and O–H groups in total. The Morgan fingerprint density at radius 1 is 1.21 bits per heavy atom. The van der Waals surface area contributed by atoms with Crippen LogP contribution in [-0.4, -0.2) is 55.5 Å². The SMILES string of the molecule is Cc1ccc(NC(=O)C2CCNCC2)cc1C1CC2CNC(C)CC2N(C)C1=O. The molecule has 6 heteroatoms. The van der Waals surface area contributed by atoms with Crippen LogP contribution in [0.5, 0.6) is 0 Å². The van der Waals surface area contributed by atoms with E-state index in [2.05, 4.69) is 29.8 Å². The molecule has 4 rings (SSSR count). The number of benzene rings is 1. The van der Waals surface area contributed by atoms with Crippen molar-refractivity contribution < 1.29 is 9.59 Å². The lowest BCUT2D eigenvalue weighted by atomic mass is 9.75. The second-order valence-corrected chi connectivity index (χ2v) is 9.19. The Kier molecular flexibility index (Phi) is 5.93. The van der Waals surface area contributed by atoms with Gasteiger partial charge in [0.1, 0.15) is 0 Å². The number of hydrogen-bond donors (Lipinski definition) is 3. The summed E-state index contributed by atoms with van der Waals surface area (Å²) in [5.74, 6) is 0.724. The second-order valence-electron chi connectivity index (χ2n) is 9.19. The van der Waals surface area contributed by atoms with Crippen LogP contribution in [0.1, 0.15) is 49.7 Å². The zero-order valence-electron chi connectivity index (χ0n) is 17.8. The third-order valence-electron chi connectivity index (χ3n) is 7.18. The number of hydrogen-bond acceptors (Lipinski definition) is 4. The Hall–Kier alpha value is -1.92. The quantitative estimate of drug-likeness (QED) is 0.730. The number of likely N-dealkylation sites (N-methyl/N-ethyl adjacent to an activating group) is 1. The van der Waals surface area contributed by atoms with E-state index >= 15 is 0 Å². The second kappa shape index (κ2) is 8.44. The van der Waals surface area contributed by atoms with Crippen LogP contribution in [0.15, 0.2) is 18.2 Å². The Bertz CT molecular complexity index is 774. The zero-order valence-corrected chi connectivity index (χ0v) is 17.8. The first-order valence-electron chi connectivity index (χ1n) is 11.1. The van der Waals surface area contributed by atoms with Crippen molar-refractivity contribution in [2.45, 2.75) is 57.5 Å². The molecule has 4 unspecified atom stereocenters. The van der Waals surface area contributed by atoms with Crippen molar-refractivity contribution in [3.63, 3.8) is 0 Å². The van der Waals surface area contributed by atoms with Crippen LogP contribution in [-0.2, 0) is 9.59 Å². The molecule has 0 spiro atoms. The lowest BCUT2D eigenvalue weighted by Gasteiger charge is -2.47. The summed E-state index contributed by atoms with van der Waals surface area (Å²) in [4.78, 5) is 27.9. The van der Waals surface area contributed by atoms with Gasteiger partial charge in [-0.05, 0) is 81.8 Å². The minimum atomic E-state index is -0.132. The monoisotopic (exact) mass is 398 g/mol. The predicted molar refractivity (Wildman–Crippen MR) is 115 cm³/mol. The number of aryl methyl sites for hydroxylation is 1. The molecule has 4 atom stereocenters. The van der Waals surface area contributed by atoms with Crippen LogP contribution >= 0.6 is 0 Å². The summed E-state index contributed by atoms with van der Waals surface area (Å²) in [6.45, 7) is 7.02. The van der Waals surface area contributed by atoms with Gasteiger partial charge >= 0.3 is 0 Å². The Labute approximate surface area is 173 Å². The van der Waals surface area contributed by atoms with E-state index in [4.69, 9.17) is 0 Å². The van der Waals surface area contributed by atoms with Crippen LogP contribution in [0.3, 0.4) is 0 Å². The molecular formula is C23H34N4O2. The molecule has 3 saturated heterocycles. The molecule has 3 aliphatic rings. The molecule has 0 aliphatic carbocycles. The first-order valence-corrected chi connectivity index (χ1v) is 11.1. The minimum Gasteiger partial charge on any atom is -0.342 e. The summed E-state index contributed by atoms with van der Waals surface area (Å²) in [6.07, 6.45) is 3.65.